The highest BCUT2D eigenvalue weighted by Gasteiger charge is 2.45. The number of ketones is 1. The summed E-state index contributed by atoms with van der Waals surface area (Å²) in [6.07, 6.45) is 1.70. The van der Waals surface area contributed by atoms with Gasteiger partial charge in [0.15, 0.2) is 0 Å². The lowest BCUT2D eigenvalue weighted by atomic mass is 9.85. The molecule has 0 aromatic heterocycles. The molecule has 31 heavy (non-hydrogen) atoms. The summed E-state index contributed by atoms with van der Waals surface area (Å²) in [6.45, 7) is 10.9. The van der Waals surface area contributed by atoms with Gasteiger partial charge < -0.3 is 10.0 Å². The highest BCUT2D eigenvalue weighted by atomic mass is 79.9. The Morgan fingerprint density at radius 2 is 1.74 bits per heavy atom. The molecule has 0 spiro atoms. The molecule has 4 nitrogen and oxygen atoms in total. The highest BCUT2D eigenvalue weighted by Crippen LogP contribution is 2.40. The number of rotatable bonds is 5. The Labute approximate surface area is 193 Å². The first kappa shape index (κ1) is 23.3. The molecular weight excluding hydrogens is 454 g/mol. The molecule has 1 aliphatic rings. The second kappa shape index (κ2) is 8.99. The third-order valence-corrected chi connectivity index (χ3v) is 6.71. The number of aryl methyl sites for hydroxylation is 1. The Hall–Kier alpha value is -2.40. The van der Waals surface area contributed by atoms with Crippen molar-refractivity contribution in [2.45, 2.75) is 58.9 Å². The maximum absolute atomic E-state index is 13.0. The number of unbranched alkanes of at least 4 members (excludes halogenated alkanes) is 1. The summed E-state index contributed by atoms with van der Waals surface area (Å²) < 4.78 is 0.918. The van der Waals surface area contributed by atoms with Crippen LogP contribution in [0.25, 0.3) is 5.76 Å². The molecule has 5 heteroatoms. The Morgan fingerprint density at radius 1 is 1.10 bits per heavy atom. The number of likely N-dealkylation sites (tertiary alicyclic amines) is 1. The van der Waals surface area contributed by atoms with E-state index in [2.05, 4.69) is 36.7 Å². The molecule has 2 aromatic carbocycles. The number of halogens is 1. The molecule has 0 aliphatic carbocycles. The molecule has 1 heterocycles. The lowest BCUT2D eigenvalue weighted by Gasteiger charge is -2.26. The zero-order valence-electron chi connectivity index (χ0n) is 18.8. The largest absolute Gasteiger partial charge is 0.507 e. The maximum Gasteiger partial charge on any atom is 0.295 e. The Kier molecular flexibility index (Phi) is 6.75. The van der Waals surface area contributed by atoms with Crippen molar-refractivity contribution >= 4 is 33.4 Å². The van der Waals surface area contributed by atoms with Crippen LogP contribution in [0, 0.1) is 6.92 Å². The molecule has 1 N–H and O–H groups in total. The minimum absolute atomic E-state index is 0.00248. The average molecular weight is 484 g/mol. The minimum Gasteiger partial charge on any atom is -0.507 e. The van der Waals surface area contributed by atoms with Gasteiger partial charge in [-0.2, -0.15) is 0 Å². The van der Waals surface area contributed by atoms with Crippen LogP contribution in [0.4, 0.5) is 0 Å². The number of benzene rings is 2. The SMILES string of the molecule is CCCCN1C(=O)C(=O)/C(=C(\O)c2ccc(Br)c(C)c2)C1c1ccc(C(C)(C)C)cc1. The monoisotopic (exact) mass is 483 g/mol. The number of carbonyl (C=O) groups excluding carboxylic acids is 2. The number of hydrogen-bond donors (Lipinski definition) is 1. The molecule has 1 amide bonds. The second-order valence-electron chi connectivity index (χ2n) is 9.18. The Bertz CT molecular complexity index is 1030. The predicted molar refractivity (Wildman–Crippen MR) is 128 cm³/mol. The number of carbonyl (C=O) groups is 2. The van der Waals surface area contributed by atoms with Crippen LogP contribution in [-0.4, -0.2) is 28.2 Å². The van der Waals surface area contributed by atoms with Crippen molar-refractivity contribution in [3.8, 4) is 0 Å². The fourth-order valence-corrected chi connectivity index (χ4v) is 4.15. The van der Waals surface area contributed by atoms with Crippen molar-refractivity contribution in [3.63, 3.8) is 0 Å². The Balaban J connectivity index is 2.16. The molecule has 0 radical (unpaired) electrons. The smallest absolute Gasteiger partial charge is 0.295 e. The van der Waals surface area contributed by atoms with Gasteiger partial charge in [-0.25, -0.2) is 0 Å². The van der Waals surface area contributed by atoms with E-state index < -0.39 is 17.7 Å². The van der Waals surface area contributed by atoms with E-state index in [1.54, 1.807) is 11.0 Å². The summed E-state index contributed by atoms with van der Waals surface area (Å²) in [5, 5.41) is 11.1. The van der Waals surface area contributed by atoms with Crippen LogP contribution in [0.3, 0.4) is 0 Å². The standard InChI is InChI=1S/C26H30BrNO3/c1-6-7-14-28-22(17-8-11-19(12-9-17)26(3,4)5)21(24(30)25(28)31)23(29)18-10-13-20(27)16(2)15-18/h8-13,15,22,29H,6-7,14H2,1-5H3/b23-21-. The molecule has 1 saturated heterocycles. The molecule has 1 fully saturated rings. The molecule has 2 aromatic rings. The van der Waals surface area contributed by atoms with Crippen molar-refractivity contribution in [1.82, 2.24) is 4.90 Å². The fourth-order valence-electron chi connectivity index (χ4n) is 3.90. The van der Waals surface area contributed by atoms with Gasteiger partial charge in [-0.05, 0) is 47.6 Å². The van der Waals surface area contributed by atoms with E-state index in [9.17, 15) is 14.7 Å². The summed E-state index contributed by atoms with van der Waals surface area (Å²) in [4.78, 5) is 27.6. The number of hydrogen-bond acceptors (Lipinski definition) is 3. The average Bonchev–Trinajstić information content (AvgIpc) is 2.97. The van der Waals surface area contributed by atoms with Gasteiger partial charge in [0.1, 0.15) is 5.76 Å². The number of aliphatic hydroxyl groups is 1. The van der Waals surface area contributed by atoms with E-state index in [4.69, 9.17) is 0 Å². The van der Waals surface area contributed by atoms with Crippen LogP contribution in [0.1, 0.15) is 68.8 Å². The van der Waals surface area contributed by atoms with Gasteiger partial charge >= 0.3 is 0 Å². The van der Waals surface area contributed by atoms with Crippen molar-refractivity contribution in [3.05, 3.63) is 74.8 Å². The highest BCUT2D eigenvalue weighted by molar-refractivity contribution is 9.10. The van der Waals surface area contributed by atoms with Crippen LogP contribution in [0.15, 0.2) is 52.5 Å². The van der Waals surface area contributed by atoms with Crippen LogP contribution in [-0.2, 0) is 15.0 Å². The molecule has 1 aliphatic heterocycles. The molecular formula is C26H30BrNO3. The molecule has 3 rings (SSSR count). The summed E-state index contributed by atoms with van der Waals surface area (Å²) >= 11 is 3.47. The van der Waals surface area contributed by atoms with Crippen molar-refractivity contribution in [1.29, 1.82) is 0 Å². The summed E-state index contributed by atoms with van der Waals surface area (Å²) in [5.41, 5.74) is 3.63. The number of Topliss-reactive ketones (excluding diaryl/α,β-unsaturated/α-hetero) is 1. The minimum atomic E-state index is -0.626. The lowest BCUT2D eigenvalue weighted by molar-refractivity contribution is -0.139. The third kappa shape index (κ3) is 4.62. The topological polar surface area (TPSA) is 57.6 Å². The normalized spacial score (nSPS) is 18.6. The third-order valence-electron chi connectivity index (χ3n) is 5.82. The quantitative estimate of drug-likeness (QED) is 0.309. The van der Waals surface area contributed by atoms with Gasteiger partial charge in [-0.1, -0.05) is 80.4 Å². The first-order valence-corrected chi connectivity index (χ1v) is 11.5. The first-order chi connectivity index (χ1) is 14.6. The molecule has 164 valence electrons. The summed E-state index contributed by atoms with van der Waals surface area (Å²) in [6, 6.07) is 12.8. The van der Waals surface area contributed by atoms with E-state index in [0.717, 1.165) is 28.4 Å². The van der Waals surface area contributed by atoms with Crippen molar-refractivity contribution in [2.24, 2.45) is 0 Å². The van der Waals surface area contributed by atoms with E-state index in [0.29, 0.717) is 12.1 Å². The number of amides is 1. The van der Waals surface area contributed by atoms with Crippen LogP contribution in [0.2, 0.25) is 0 Å². The summed E-state index contributed by atoms with van der Waals surface area (Å²) in [5.74, 6) is -1.30. The molecule has 1 unspecified atom stereocenters. The van der Waals surface area contributed by atoms with Crippen molar-refractivity contribution in [2.75, 3.05) is 6.54 Å². The summed E-state index contributed by atoms with van der Waals surface area (Å²) in [7, 11) is 0. The van der Waals surface area contributed by atoms with E-state index in [1.165, 1.54) is 5.56 Å². The van der Waals surface area contributed by atoms with Gasteiger partial charge in [0.2, 0.25) is 0 Å². The zero-order chi connectivity index (χ0) is 22.9. The number of aliphatic hydroxyl groups excluding tert-OH is 1. The van der Waals surface area contributed by atoms with Crippen molar-refractivity contribution < 1.29 is 14.7 Å². The molecule has 1 atom stereocenters. The van der Waals surface area contributed by atoms with Gasteiger partial charge in [-0.3, -0.25) is 9.59 Å². The van der Waals surface area contributed by atoms with Crippen LogP contribution >= 0.6 is 15.9 Å². The van der Waals surface area contributed by atoms with E-state index in [1.807, 2.05) is 50.2 Å². The van der Waals surface area contributed by atoms with Gasteiger partial charge in [0, 0.05) is 16.6 Å². The van der Waals surface area contributed by atoms with Gasteiger partial charge in [-0.15, -0.1) is 0 Å². The molecule has 0 saturated carbocycles. The lowest BCUT2D eigenvalue weighted by Crippen LogP contribution is -2.30. The first-order valence-electron chi connectivity index (χ1n) is 10.7. The molecule has 0 bridgehead atoms. The maximum atomic E-state index is 13.0. The van der Waals surface area contributed by atoms with E-state index in [-0.39, 0.29) is 16.7 Å². The van der Waals surface area contributed by atoms with Gasteiger partial charge in [0.25, 0.3) is 11.7 Å². The number of nitrogens with zero attached hydrogens (tertiary/aromatic N) is 1. The van der Waals surface area contributed by atoms with Gasteiger partial charge in [0.05, 0.1) is 11.6 Å². The van der Waals surface area contributed by atoms with E-state index >= 15 is 0 Å². The zero-order valence-corrected chi connectivity index (χ0v) is 20.4. The van der Waals surface area contributed by atoms with Crippen LogP contribution < -0.4 is 0 Å². The second-order valence-corrected chi connectivity index (χ2v) is 10.0. The fraction of sp³-hybridized carbons (Fsp3) is 0.385. The Morgan fingerprint density at radius 3 is 2.29 bits per heavy atom. The predicted octanol–water partition coefficient (Wildman–Crippen LogP) is 6.28. The van der Waals surface area contributed by atoms with Crippen LogP contribution in [0.5, 0.6) is 0 Å².